The second kappa shape index (κ2) is 9.67. The molecule has 8 N–H and O–H groups in total. The third kappa shape index (κ3) is 4.44. The zero-order chi connectivity index (χ0) is 27.3. The monoisotopic (exact) mass is 533 g/mol. The van der Waals surface area contributed by atoms with E-state index >= 15 is 0 Å². The summed E-state index contributed by atoms with van der Waals surface area (Å²) in [4.78, 5) is 44.3. The molecule has 2 aromatic heterocycles. The number of hydrogen-bond acceptors (Lipinski definition) is 10. The average molecular weight is 534 g/mol. The van der Waals surface area contributed by atoms with Crippen molar-refractivity contribution < 1.29 is 34.0 Å². The third-order valence-electron chi connectivity index (χ3n) is 7.49. The van der Waals surface area contributed by atoms with Gasteiger partial charge in [0, 0.05) is 6.42 Å². The summed E-state index contributed by atoms with van der Waals surface area (Å²) in [6, 6.07) is 0. The summed E-state index contributed by atoms with van der Waals surface area (Å²) < 4.78 is 25.8. The van der Waals surface area contributed by atoms with E-state index in [4.69, 9.17) is 15.0 Å². The molecule has 204 valence electrons. The van der Waals surface area contributed by atoms with Crippen molar-refractivity contribution in [3.63, 3.8) is 0 Å². The third-order valence-corrected chi connectivity index (χ3v) is 9.81. The van der Waals surface area contributed by atoms with Gasteiger partial charge in [0.25, 0.3) is 5.56 Å². The number of nitrogens with zero attached hydrogens (tertiary/aromatic N) is 2. The van der Waals surface area contributed by atoms with Gasteiger partial charge in [-0.25, -0.2) is 9.36 Å². The Bertz CT molecular complexity index is 1260. The maximum absolute atomic E-state index is 13.1. The highest BCUT2D eigenvalue weighted by Gasteiger charge is 2.57. The molecule has 3 rings (SSSR count). The Hall–Kier alpha value is -2.06. The number of nitrogens with one attached hydrogen (secondary N) is 2. The number of nitrogens with two attached hydrogens (primary N) is 1. The van der Waals surface area contributed by atoms with E-state index in [0.29, 0.717) is 0 Å². The molecule has 5 atom stereocenters. The summed E-state index contributed by atoms with van der Waals surface area (Å²) in [7, 11) is -4.56. The first kappa shape index (κ1) is 28.5. The smallest absolute Gasteiger partial charge is 0.359 e. The van der Waals surface area contributed by atoms with E-state index in [0.717, 1.165) is 4.57 Å². The lowest BCUT2D eigenvalue weighted by atomic mass is 9.88. The zero-order valence-electron chi connectivity index (χ0n) is 21.0. The molecular formula is C21H36N5O9P. The van der Waals surface area contributed by atoms with Gasteiger partial charge in [-0.2, -0.15) is 4.98 Å². The number of hydrogen-bond donors (Lipinski definition) is 7. The van der Waals surface area contributed by atoms with Crippen molar-refractivity contribution in [2.45, 2.75) is 102 Å². The van der Waals surface area contributed by atoms with Crippen LogP contribution in [0.3, 0.4) is 0 Å². The molecule has 0 bridgehead atoms. The van der Waals surface area contributed by atoms with E-state index in [1.807, 2.05) is 0 Å². The Kier molecular flexibility index (Phi) is 7.66. The van der Waals surface area contributed by atoms with Crippen molar-refractivity contribution in [1.82, 2.24) is 19.5 Å². The second-order valence-electron chi connectivity index (χ2n) is 9.46. The molecule has 1 saturated heterocycles. The summed E-state index contributed by atoms with van der Waals surface area (Å²) in [6.07, 6.45) is -4.09. The van der Waals surface area contributed by atoms with Crippen molar-refractivity contribution in [1.29, 1.82) is 0 Å². The molecule has 0 spiro atoms. The molecule has 0 radical (unpaired) electrons. The predicted octanol–water partition coefficient (Wildman–Crippen LogP) is 0.448. The van der Waals surface area contributed by atoms with Gasteiger partial charge < -0.3 is 30.7 Å². The van der Waals surface area contributed by atoms with Crippen molar-refractivity contribution in [2.24, 2.45) is 0 Å². The molecule has 0 aliphatic carbocycles. The zero-order valence-corrected chi connectivity index (χ0v) is 21.9. The number of aromatic amines is 2. The van der Waals surface area contributed by atoms with E-state index in [-0.39, 0.29) is 49.2 Å². The van der Waals surface area contributed by atoms with Crippen LogP contribution in [0.25, 0.3) is 11.2 Å². The number of H-pyrrole nitrogens is 2. The number of aromatic nitrogens is 4. The molecule has 15 heteroatoms. The van der Waals surface area contributed by atoms with Crippen molar-refractivity contribution in [3.05, 3.63) is 20.8 Å². The highest BCUT2D eigenvalue weighted by atomic mass is 31.2. The number of rotatable bonds is 10. The van der Waals surface area contributed by atoms with Crippen LogP contribution in [0.2, 0.25) is 0 Å². The van der Waals surface area contributed by atoms with Gasteiger partial charge in [0.2, 0.25) is 5.95 Å². The van der Waals surface area contributed by atoms with Crippen molar-refractivity contribution in [2.75, 3.05) is 5.73 Å². The molecule has 0 saturated carbocycles. The molecule has 3 heterocycles. The number of anilines is 1. The van der Waals surface area contributed by atoms with Gasteiger partial charge in [0.1, 0.15) is 12.2 Å². The van der Waals surface area contributed by atoms with Crippen LogP contribution >= 0.6 is 7.60 Å². The minimum absolute atomic E-state index is 0.0150. The topological polar surface area (TPSA) is 226 Å². The van der Waals surface area contributed by atoms with E-state index in [1.54, 1.807) is 27.7 Å². The second-order valence-corrected chi connectivity index (χ2v) is 11.5. The number of nitrogen functional groups attached to an aromatic ring is 1. The maximum Gasteiger partial charge on any atom is 0.359 e. The van der Waals surface area contributed by atoms with Crippen LogP contribution in [0.15, 0.2) is 9.59 Å². The summed E-state index contributed by atoms with van der Waals surface area (Å²) in [5, 5.41) is 30.6. The van der Waals surface area contributed by atoms with Gasteiger partial charge in [0.15, 0.2) is 22.2 Å². The first-order valence-electron chi connectivity index (χ1n) is 11.9. The van der Waals surface area contributed by atoms with Gasteiger partial charge in [-0.15, -0.1) is 0 Å². The molecule has 0 amide bonds. The Morgan fingerprint density at radius 1 is 1.17 bits per heavy atom. The standard InChI is InChI=1S/C21H36N5O9P/c1-6-20(7-2,35-36(32,33)21(31,8-3)9-4)10-11-13(27)14(28)19(5,34-11)26-15-12(23-18(26)30)16(29)25-17(22)24-15/h11,13-14,27-28,31H,6-10H2,1-5H3,(H,23,30)(H,32,33)(H3,22,24,25,29)/t11?,13-,14-,19+/m1/s1. The van der Waals surface area contributed by atoms with Gasteiger partial charge in [-0.3, -0.25) is 23.9 Å². The lowest BCUT2D eigenvalue weighted by Crippen LogP contribution is -2.47. The number of aliphatic hydroxyl groups excluding tert-OH is 2. The number of imidazole rings is 1. The molecule has 36 heavy (non-hydrogen) atoms. The maximum atomic E-state index is 13.1. The summed E-state index contributed by atoms with van der Waals surface area (Å²) in [5.74, 6) is -0.268. The molecule has 1 fully saturated rings. The lowest BCUT2D eigenvalue weighted by Gasteiger charge is -2.40. The van der Waals surface area contributed by atoms with Crippen LogP contribution in [-0.4, -0.2) is 69.0 Å². The molecule has 1 aliphatic rings. The fourth-order valence-electron chi connectivity index (χ4n) is 4.81. The fraction of sp³-hybridized carbons (Fsp3) is 0.762. The Labute approximate surface area is 207 Å². The van der Waals surface area contributed by atoms with Gasteiger partial charge in [0.05, 0.1) is 11.7 Å². The van der Waals surface area contributed by atoms with Gasteiger partial charge >= 0.3 is 13.3 Å². The highest BCUT2D eigenvalue weighted by Crippen LogP contribution is 2.61. The molecule has 1 aliphatic heterocycles. The Balaban J connectivity index is 2.01. The van der Waals surface area contributed by atoms with Crippen LogP contribution in [0.5, 0.6) is 0 Å². The first-order chi connectivity index (χ1) is 16.6. The van der Waals surface area contributed by atoms with Gasteiger partial charge in [-0.05, 0) is 32.6 Å². The van der Waals surface area contributed by atoms with Crippen LogP contribution in [0.1, 0.15) is 66.7 Å². The van der Waals surface area contributed by atoms with Gasteiger partial charge in [-0.1, -0.05) is 27.7 Å². The minimum atomic E-state index is -4.56. The molecular weight excluding hydrogens is 497 g/mol. The predicted molar refractivity (Wildman–Crippen MR) is 130 cm³/mol. The average Bonchev–Trinajstić information content (AvgIpc) is 3.27. The molecule has 2 unspecified atom stereocenters. The van der Waals surface area contributed by atoms with Crippen LogP contribution in [0, 0.1) is 0 Å². The summed E-state index contributed by atoms with van der Waals surface area (Å²) >= 11 is 0. The number of fused-ring (bicyclic) bond motifs is 1. The number of aliphatic hydroxyl groups is 3. The Morgan fingerprint density at radius 3 is 2.28 bits per heavy atom. The highest BCUT2D eigenvalue weighted by molar-refractivity contribution is 7.54. The quantitative estimate of drug-likeness (QED) is 0.207. The fourth-order valence-corrected chi connectivity index (χ4v) is 6.63. The molecule has 14 nitrogen and oxygen atoms in total. The SMILES string of the molecule is CCC(CC)(CC1O[C@](C)(n2c(=O)[nH]c3c(=O)[nH]c(N)nc32)[C@H](O)[C@@H]1O)OP(=O)(O)C(O)(CC)CC. The van der Waals surface area contributed by atoms with Crippen LogP contribution in [0.4, 0.5) is 5.95 Å². The number of ether oxygens (including phenoxy) is 1. The van der Waals surface area contributed by atoms with E-state index in [1.165, 1.54) is 6.92 Å². The Morgan fingerprint density at radius 2 is 1.75 bits per heavy atom. The van der Waals surface area contributed by atoms with Crippen LogP contribution in [-0.2, 0) is 19.6 Å². The van der Waals surface area contributed by atoms with Crippen molar-refractivity contribution in [3.8, 4) is 0 Å². The minimum Gasteiger partial charge on any atom is -0.388 e. The van der Waals surface area contributed by atoms with E-state index in [9.17, 15) is 34.4 Å². The van der Waals surface area contributed by atoms with Crippen molar-refractivity contribution >= 4 is 24.7 Å². The first-order valence-corrected chi connectivity index (χ1v) is 13.5. The summed E-state index contributed by atoms with van der Waals surface area (Å²) in [6.45, 7) is 7.94. The summed E-state index contributed by atoms with van der Waals surface area (Å²) in [5.41, 5.74) is 0.537. The lowest BCUT2D eigenvalue weighted by molar-refractivity contribution is -0.139. The molecule has 0 aromatic carbocycles. The van der Waals surface area contributed by atoms with E-state index < -0.39 is 53.8 Å². The largest absolute Gasteiger partial charge is 0.388 e. The normalized spacial score (nSPS) is 27.0. The van der Waals surface area contributed by atoms with E-state index in [2.05, 4.69) is 15.0 Å². The molecule has 2 aromatic rings. The van der Waals surface area contributed by atoms with Crippen LogP contribution < -0.4 is 17.0 Å².